The van der Waals surface area contributed by atoms with Crippen LogP contribution in [0.25, 0.3) is 10.9 Å². The Balaban J connectivity index is 1.92. The van der Waals surface area contributed by atoms with Gasteiger partial charge >= 0.3 is 0 Å². The van der Waals surface area contributed by atoms with Crippen molar-refractivity contribution in [2.45, 2.75) is 0 Å². The molecule has 0 spiro atoms. The zero-order valence-electron chi connectivity index (χ0n) is 9.85. The predicted octanol–water partition coefficient (Wildman–Crippen LogP) is 3.47. The zero-order valence-corrected chi connectivity index (χ0v) is 10.6. The van der Waals surface area contributed by atoms with Crippen molar-refractivity contribution >= 4 is 34.2 Å². The maximum absolute atomic E-state index is 12.2. The Bertz CT molecular complexity index is 751. The minimum atomic E-state index is -0.216. The molecule has 1 amide bonds. The highest BCUT2D eigenvalue weighted by Gasteiger charge is 2.12. The molecule has 0 aliphatic rings. The maximum Gasteiger partial charge on any atom is 0.258 e. The number of para-hydroxylation sites is 1. The van der Waals surface area contributed by atoms with E-state index in [1.165, 1.54) is 0 Å². The summed E-state index contributed by atoms with van der Waals surface area (Å²) < 4.78 is 0. The highest BCUT2D eigenvalue weighted by atomic mass is 35.5. The Hall–Kier alpha value is -2.33. The second-order valence-corrected chi connectivity index (χ2v) is 4.43. The van der Waals surface area contributed by atoms with Gasteiger partial charge in [-0.05, 0) is 18.2 Å². The number of rotatable bonds is 2. The lowest BCUT2D eigenvalue weighted by Gasteiger charge is -2.03. The molecule has 5 heteroatoms. The number of H-pyrrole nitrogens is 1. The molecule has 3 aromatic rings. The number of fused-ring (bicyclic) bond motifs is 1. The molecular formula is C14H10ClN3O. The standard InChI is InChI=1S/C14H10ClN3O/c15-12-6-3-7-13(17-12)18-14(19)10-8-16-11-5-2-1-4-9(10)11/h1-8,16H,(H,17,18,19). The number of hydrogen-bond donors (Lipinski definition) is 2. The number of aromatic nitrogens is 2. The summed E-state index contributed by atoms with van der Waals surface area (Å²) in [5, 5.41) is 3.94. The molecule has 0 atom stereocenters. The summed E-state index contributed by atoms with van der Waals surface area (Å²) in [4.78, 5) is 19.3. The van der Waals surface area contributed by atoms with Crippen LogP contribution in [0.1, 0.15) is 10.4 Å². The highest BCUT2D eigenvalue weighted by Crippen LogP contribution is 2.19. The van der Waals surface area contributed by atoms with E-state index in [2.05, 4.69) is 15.3 Å². The molecule has 4 nitrogen and oxygen atoms in total. The molecule has 0 fully saturated rings. The van der Waals surface area contributed by atoms with E-state index in [0.29, 0.717) is 16.5 Å². The third kappa shape index (κ3) is 2.30. The number of hydrogen-bond acceptors (Lipinski definition) is 2. The van der Waals surface area contributed by atoms with Gasteiger partial charge in [0.25, 0.3) is 5.91 Å². The topological polar surface area (TPSA) is 57.8 Å². The van der Waals surface area contributed by atoms with Crippen LogP contribution in [0.15, 0.2) is 48.7 Å². The number of amides is 1. The van der Waals surface area contributed by atoms with Crippen molar-refractivity contribution in [1.29, 1.82) is 0 Å². The molecular weight excluding hydrogens is 262 g/mol. The number of pyridine rings is 1. The number of benzene rings is 1. The van der Waals surface area contributed by atoms with Gasteiger partial charge in [-0.1, -0.05) is 35.9 Å². The van der Waals surface area contributed by atoms with Crippen LogP contribution in [0.2, 0.25) is 5.15 Å². The van der Waals surface area contributed by atoms with Gasteiger partial charge in [0.2, 0.25) is 0 Å². The molecule has 19 heavy (non-hydrogen) atoms. The first-order chi connectivity index (χ1) is 9.24. The zero-order chi connectivity index (χ0) is 13.2. The summed E-state index contributed by atoms with van der Waals surface area (Å²) in [5.41, 5.74) is 1.50. The normalized spacial score (nSPS) is 10.6. The van der Waals surface area contributed by atoms with Gasteiger partial charge in [-0.2, -0.15) is 0 Å². The van der Waals surface area contributed by atoms with Crippen LogP contribution in [-0.4, -0.2) is 15.9 Å². The first-order valence-electron chi connectivity index (χ1n) is 5.74. The van der Waals surface area contributed by atoms with Crippen LogP contribution in [0.5, 0.6) is 0 Å². The van der Waals surface area contributed by atoms with E-state index in [4.69, 9.17) is 11.6 Å². The van der Waals surface area contributed by atoms with Crippen LogP contribution in [0.3, 0.4) is 0 Å². The lowest BCUT2D eigenvalue weighted by molar-refractivity contribution is 0.102. The van der Waals surface area contributed by atoms with Gasteiger partial charge in [0.05, 0.1) is 5.56 Å². The fourth-order valence-corrected chi connectivity index (χ4v) is 2.08. The quantitative estimate of drug-likeness (QED) is 0.701. The molecule has 0 saturated heterocycles. The largest absolute Gasteiger partial charge is 0.360 e. The first-order valence-corrected chi connectivity index (χ1v) is 6.12. The van der Waals surface area contributed by atoms with Gasteiger partial charge in [-0.15, -0.1) is 0 Å². The summed E-state index contributed by atoms with van der Waals surface area (Å²) in [7, 11) is 0. The van der Waals surface area contributed by atoms with Crippen molar-refractivity contribution < 1.29 is 4.79 Å². The average Bonchev–Trinajstić information content (AvgIpc) is 2.82. The van der Waals surface area contributed by atoms with E-state index in [0.717, 1.165) is 10.9 Å². The Morgan fingerprint density at radius 3 is 2.84 bits per heavy atom. The maximum atomic E-state index is 12.2. The predicted molar refractivity (Wildman–Crippen MR) is 75.5 cm³/mol. The average molecular weight is 272 g/mol. The van der Waals surface area contributed by atoms with Crippen LogP contribution in [0.4, 0.5) is 5.82 Å². The summed E-state index contributed by atoms with van der Waals surface area (Å²) in [6.45, 7) is 0. The summed E-state index contributed by atoms with van der Waals surface area (Å²) in [5.74, 6) is 0.218. The van der Waals surface area contributed by atoms with Crippen LogP contribution in [0, 0.1) is 0 Å². The second kappa shape index (κ2) is 4.74. The summed E-state index contributed by atoms with van der Waals surface area (Å²) >= 11 is 5.78. The smallest absolute Gasteiger partial charge is 0.258 e. The molecule has 0 saturated carbocycles. The summed E-state index contributed by atoms with van der Waals surface area (Å²) in [6.07, 6.45) is 1.69. The molecule has 0 radical (unpaired) electrons. The molecule has 0 aliphatic carbocycles. The van der Waals surface area contributed by atoms with Gasteiger partial charge < -0.3 is 10.3 Å². The third-order valence-corrected chi connectivity index (χ3v) is 3.00. The van der Waals surface area contributed by atoms with E-state index >= 15 is 0 Å². The lowest BCUT2D eigenvalue weighted by Crippen LogP contribution is -2.12. The van der Waals surface area contributed by atoms with Crippen molar-refractivity contribution in [3.63, 3.8) is 0 Å². The molecule has 2 aromatic heterocycles. The Kier molecular flexibility index (Phi) is 2.93. The molecule has 0 aliphatic heterocycles. The fourth-order valence-electron chi connectivity index (χ4n) is 1.92. The number of aromatic amines is 1. The number of nitrogens with zero attached hydrogens (tertiary/aromatic N) is 1. The number of carbonyl (C=O) groups excluding carboxylic acids is 1. The molecule has 2 N–H and O–H groups in total. The van der Waals surface area contributed by atoms with E-state index in [1.54, 1.807) is 24.4 Å². The van der Waals surface area contributed by atoms with E-state index in [9.17, 15) is 4.79 Å². The minimum Gasteiger partial charge on any atom is -0.360 e. The molecule has 1 aromatic carbocycles. The Morgan fingerprint density at radius 2 is 2.00 bits per heavy atom. The molecule has 2 heterocycles. The van der Waals surface area contributed by atoms with Crippen molar-refractivity contribution in [2.75, 3.05) is 5.32 Å². The molecule has 94 valence electrons. The molecule has 3 rings (SSSR count). The number of carbonyl (C=O) groups is 1. The Labute approximate surface area is 114 Å². The van der Waals surface area contributed by atoms with Crippen molar-refractivity contribution in [2.24, 2.45) is 0 Å². The van der Waals surface area contributed by atoms with Crippen LogP contribution in [-0.2, 0) is 0 Å². The number of halogens is 1. The van der Waals surface area contributed by atoms with Gasteiger partial charge in [-0.25, -0.2) is 4.98 Å². The number of anilines is 1. The summed E-state index contributed by atoms with van der Waals surface area (Å²) in [6, 6.07) is 12.7. The van der Waals surface area contributed by atoms with Crippen LogP contribution >= 0.6 is 11.6 Å². The Morgan fingerprint density at radius 1 is 1.16 bits per heavy atom. The van der Waals surface area contributed by atoms with E-state index < -0.39 is 0 Å². The van der Waals surface area contributed by atoms with Gasteiger partial charge in [0.15, 0.2) is 0 Å². The van der Waals surface area contributed by atoms with Crippen molar-refractivity contribution in [3.8, 4) is 0 Å². The van der Waals surface area contributed by atoms with Crippen LogP contribution < -0.4 is 5.32 Å². The van der Waals surface area contributed by atoms with E-state index in [-0.39, 0.29) is 5.91 Å². The molecule has 0 unspecified atom stereocenters. The lowest BCUT2D eigenvalue weighted by atomic mass is 10.1. The second-order valence-electron chi connectivity index (χ2n) is 4.05. The minimum absolute atomic E-state index is 0.216. The van der Waals surface area contributed by atoms with Gasteiger partial charge in [0.1, 0.15) is 11.0 Å². The monoisotopic (exact) mass is 271 g/mol. The third-order valence-electron chi connectivity index (χ3n) is 2.79. The number of nitrogens with one attached hydrogen (secondary N) is 2. The molecule has 0 bridgehead atoms. The fraction of sp³-hybridized carbons (Fsp3) is 0. The van der Waals surface area contributed by atoms with Crippen molar-refractivity contribution in [1.82, 2.24) is 9.97 Å². The highest BCUT2D eigenvalue weighted by molar-refractivity contribution is 6.29. The van der Waals surface area contributed by atoms with Gasteiger partial charge in [0, 0.05) is 17.1 Å². The SMILES string of the molecule is O=C(Nc1cccc(Cl)n1)c1c[nH]c2ccccc12. The van der Waals surface area contributed by atoms with E-state index in [1.807, 2.05) is 24.3 Å². The van der Waals surface area contributed by atoms with Gasteiger partial charge in [-0.3, -0.25) is 4.79 Å². The first kappa shape index (κ1) is 11.7. The van der Waals surface area contributed by atoms with Crippen molar-refractivity contribution in [3.05, 3.63) is 59.4 Å².